The van der Waals surface area contributed by atoms with Gasteiger partial charge in [0.2, 0.25) is 12.7 Å². The van der Waals surface area contributed by atoms with E-state index in [2.05, 4.69) is 20.9 Å². The molecule has 5 aliphatic rings. The zero-order valence-corrected chi connectivity index (χ0v) is 31.8. The van der Waals surface area contributed by atoms with Crippen LogP contribution >= 0.6 is 11.9 Å². The number of rotatable bonds is 10. The number of amides is 3. The summed E-state index contributed by atoms with van der Waals surface area (Å²) in [7, 11) is 1.68. The average Bonchev–Trinajstić information content (AvgIpc) is 3.89. The summed E-state index contributed by atoms with van der Waals surface area (Å²) in [6.07, 6.45) is -1.75. The molecule has 0 radical (unpaired) electrons. The molecule has 1 saturated heterocycles. The predicted octanol–water partition coefficient (Wildman–Crippen LogP) is 5.26. The van der Waals surface area contributed by atoms with Crippen LogP contribution in [0.1, 0.15) is 65.0 Å². The van der Waals surface area contributed by atoms with E-state index >= 15 is 0 Å². The molecule has 3 aliphatic heterocycles. The van der Waals surface area contributed by atoms with Crippen molar-refractivity contribution in [3.05, 3.63) is 93.8 Å². The Hall–Kier alpha value is -5.13. The Morgan fingerprint density at radius 3 is 2.41 bits per heavy atom. The van der Waals surface area contributed by atoms with Crippen molar-refractivity contribution in [3.63, 3.8) is 0 Å². The summed E-state index contributed by atoms with van der Waals surface area (Å²) in [6, 6.07) is 15.2. The van der Waals surface area contributed by atoms with Gasteiger partial charge in [0, 0.05) is 44.2 Å². The third kappa shape index (κ3) is 7.54. The fourth-order valence-electron chi connectivity index (χ4n) is 7.43. The van der Waals surface area contributed by atoms with Crippen molar-refractivity contribution < 1.29 is 37.0 Å². The quantitative estimate of drug-likeness (QED) is 0.201. The molecule has 56 heavy (non-hydrogen) atoms. The highest BCUT2D eigenvalue weighted by Crippen LogP contribution is 2.41. The van der Waals surface area contributed by atoms with Crippen LogP contribution < -0.4 is 30.4 Å². The summed E-state index contributed by atoms with van der Waals surface area (Å²) >= 11 is 1.64. The number of piperazine rings is 1. The van der Waals surface area contributed by atoms with Gasteiger partial charge in [-0.1, -0.05) is 25.1 Å². The van der Waals surface area contributed by atoms with Crippen LogP contribution in [-0.4, -0.2) is 89.4 Å². The first kappa shape index (κ1) is 37.8. The molecule has 0 bridgehead atoms. The highest BCUT2D eigenvalue weighted by molar-refractivity contribution is 8.01. The number of carbonyl (C=O) groups excluding carboxylic acids is 3. The number of hydrogen-bond acceptors (Lipinski definition) is 11. The van der Waals surface area contributed by atoms with Crippen molar-refractivity contribution in [2.24, 2.45) is 0 Å². The molecule has 8 rings (SSSR count). The molecule has 1 saturated carbocycles. The Bertz CT molecular complexity index is 2070. The maximum atomic E-state index is 14.9. The van der Waals surface area contributed by atoms with Crippen molar-refractivity contribution >= 4 is 41.0 Å². The number of hydrogen-bond donors (Lipinski definition) is 4. The summed E-state index contributed by atoms with van der Waals surface area (Å²) in [4.78, 5) is 46.3. The highest BCUT2D eigenvalue weighted by atomic mass is 32.2. The van der Waals surface area contributed by atoms with Crippen LogP contribution in [0, 0.1) is 0 Å². The lowest BCUT2D eigenvalue weighted by Crippen LogP contribution is -2.59. The molecular formula is C39H43F3N8O5S. The summed E-state index contributed by atoms with van der Waals surface area (Å²) in [5.74, 6) is 0.000711. The van der Waals surface area contributed by atoms with E-state index in [0.29, 0.717) is 89.5 Å². The number of alkyl halides is 3. The number of anilines is 2. The minimum absolute atomic E-state index is 0.0806. The minimum Gasteiger partial charge on any atom is -0.454 e. The van der Waals surface area contributed by atoms with Gasteiger partial charge in [-0.2, -0.15) is 18.2 Å². The Morgan fingerprint density at radius 1 is 0.946 bits per heavy atom. The lowest BCUT2D eigenvalue weighted by atomic mass is 9.83. The molecule has 4 N–H and O–H groups in total. The van der Waals surface area contributed by atoms with Gasteiger partial charge in [0.15, 0.2) is 11.5 Å². The molecule has 13 nitrogen and oxygen atoms in total. The Balaban J connectivity index is 1.05. The number of benzene rings is 3. The van der Waals surface area contributed by atoms with E-state index in [4.69, 9.17) is 9.47 Å². The smallest absolute Gasteiger partial charge is 0.416 e. The monoisotopic (exact) mass is 792 g/mol. The van der Waals surface area contributed by atoms with Gasteiger partial charge in [0.1, 0.15) is 18.4 Å². The fourth-order valence-corrected chi connectivity index (χ4v) is 8.27. The standard InChI is InChI=1S/C39H43F3N8O5S/c1-3-29-35(48-16-18-49(19-17-48)37(52)27-6-4-5-7-31(27)46-56-24-9-10-24)38(53)50(47(2)36(45-44-29)23-8-15-32-33(20-23)55-22-54-32)21-34(51)43-30-14-13-28(39(40,41)42)25-11-12-26(25)30/h4-8,13-15,20,24,36,44-46H,3,9-12,16-19,21-22H2,1-2H3,(H,43,51)/b35-29+. The molecule has 3 amide bonds. The maximum absolute atomic E-state index is 14.9. The summed E-state index contributed by atoms with van der Waals surface area (Å²) in [6.45, 7) is 3.00. The number of fused-ring (bicyclic) bond motifs is 2. The van der Waals surface area contributed by atoms with E-state index in [9.17, 15) is 27.6 Å². The molecule has 1 unspecified atom stereocenters. The maximum Gasteiger partial charge on any atom is 0.416 e. The first-order valence-corrected chi connectivity index (χ1v) is 19.6. The molecule has 2 aliphatic carbocycles. The van der Waals surface area contributed by atoms with E-state index < -0.39 is 36.3 Å². The van der Waals surface area contributed by atoms with E-state index in [-0.39, 0.29) is 24.7 Å². The van der Waals surface area contributed by atoms with E-state index in [1.165, 1.54) is 11.1 Å². The summed E-state index contributed by atoms with van der Waals surface area (Å²) in [5.41, 5.74) is 9.87. The van der Waals surface area contributed by atoms with Gasteiger partial charge in [0.05, 0.1) is 22.5 Å². The molecule has 296 valence electrons. The van der Waals surface area contributed by atoms with Gasteiger partial charge in [-0.25, -0.2) is 5.43 Å². The number of hydrazine groups is 2. The first-order chi connectivity index (χ1) is 27.0. The minimum atomic E-state index is -4.49. The van der Waals surface area contributed by atoms with Gasteiger partial charge in [-0.05, 0) is 97.1 Å². The predicted molar refractivity (Wildman–Crippen MR) is 204 cm³/mol. The third-order valence-electron chi connectivity index (χ3n) is 10.7. The molecular weight excluding hydrogens is 750 g/mol. The molecule has 2 fully saturated rings. The van der Waals surface area contributed by atoms with Gasteiger partial charge < -0.3 is 34.7 Å². The van der Waals surface area contributed by atoms with Crippen LogP contribution in [0.2, 0.25) is 0 Å². The number of nitrogens with one attached hydrogen (secondary N) is 4. The average molecular weight is 793 g/mol. The van der Waals surface area contributed by atoms with Crippen molar-refractivity contribution in [3.8, 4) is 11.5 Å². The van der Waals surface area contributed by atoms with Gasteiger partial charge in [-0.3, -0.25) is 19.4 Å². The van der Waals surface area contributed by atoms with Crippen molar-refractivity contribution in [2.45, 2.75) is 56.6 Å². The molecule has 3 heterocycles. The van der Waals surface area contributed by atoms with Crippen LogP contribution in [0.3, 0.4) is 0 Å². The summed E-state index contributed by atoms with van der Waals surface area (Å²) < 4.78 is 55.4. The lowest BCUT2D eigenvalue weighted by Gasteiger charge is -2.44. The van der Waals surface area contributed by atoms with Crippen LogP contribution in [0.15, 0.2) is 66.0 Å². The Kier molecular flexibility index (Phi) is 10.4. The van der Waals surface area contributed by atoms with Gasteiger partial charge in [-0.15, -0.1) is 0 Å². The Morgan fingerprint density at radius 2 is 1.70 bits per heavy atom. The number of ether oxygens (including phenoxy) is 2. The van der Waals surface area contributed by atoms with E-state index in [0.717, 1.165) is 24.6 Å². The largest absolute Gasteiger partial charge is 0.454 e. The van der Waals surface area contributed by atoms with Crippen molar-refractivity contribution in [2.75, 3.05) is 56.6 Å². The number of allylic oxidation sites excluding steroid dienone is 1. The second-order valence-corrected chi connectivity index (χ2v) is 15.4. The topological polar surface area (TPSA) is 131 Å². The van der Waals surface area contributed by atoms with Crippen LogP contribution in [0.25, 0.3) is 0 Å². The van der Waals surface area contributed by atoms with Crippen LogP contribution in [-0.2, 0) is 28.6 Å². The molecule has 3 aromatic carbocycles. The molecule has 3 aromatic rings. The third-order valence-corrected chi connectivity index (χ3v) is 11.9. The number of nitrogens with zero attached hydrogens (tertiary/aromatic N) is 4. The van der Waals surface area contributed by atoms with E-state index in [1.54, 1.807) is 41.0 Å². The molecule has 17 heteroatoms. The number of halogens is 3. The number of para-hydroxylation sites is 1. The Labute approximate surface area is 326 Å². The normalized spacial score (nSPS) is 21.1. The molecule has 1 atom stereocenters. The highest BCUT2D eigenvalue weighted by Gasteiger charge is 2.40. The molecule has 0 spiro atoms. The SMILES string of the molecule is CC/C1=C(\N2CCN(C(=O)c3ccccc3NSC3CC3)CC2)C(=O)N(CC(=O)Nc2ccc(C(F)(F)F)c3c2CC3)N(C)C(c2ccc3c(c2)OCO3)NN1. The van der Waals surface area contributed by atoms with Crippen LogP contribution in [0.4, 0.5) is 24.5 Å². The lowest BCUT2D eigenvalue weighted by molar-refractivity contribution is -0.155. The van der Waals surface area contributed by atoms with Crippen molar-refractivity contribution in [1.29, 1.82) is 0 Å². The second-order valence-electron chi connectivity index (χ2n) is 14.3. The first-order valence-electron chi connectivity index (χ1n) is 18.8. The number of carbonyl (C=O) groups is 3. The molecule has 0 aromatic heterocycles. The zero-order valence-electron chi connectivity index (χ0n) is 31.0. The summed E-state index contributed by atoms with van der Waals surface area (Å²) in [5, 5.41) is 6.31. The van der Waals surface area contributed by atoms with Crippen molar-refractivity contribution in [1.82, 2.24) is 30.7 Å². The fraction of sp³-hybridized carbons (Fsp3) is 0.410. The van der Waals surface area contributed by atoms with Gasteiger partial charge >= 0.3 is 6.18 Å². The second kappa shape index (κ2) is 15.4. The van der Waals surface area contributed by atoms with E-state index in [1.807, 2.05) is 42.2 Å². The van der Waals surface area contributed by atoms with Gasteiger partial charge in [0.25, 0.3) is 11.8 Å². The zero-order chi connectivity index (χ0) is 39.1. The van der Waals surface area contributed by atoms with Crippen LogP contribution in [0.5, 0.6) is 11.5 Å².